The predicted molar refractivity (Wildman–Crippen MR) is 77.0 cm³/mol. The summed E-state index contributed by atoms with van der Waals surface area (Å²) in [5.74, 6) is 0.738. The van der Waals surface area contributed by atoms with Crippen LogP contribution in [0.5, 0.6) is 0 Å². The van der Waals surface area contributed by atoms with E-state index in [-0.39, 0.29) is 0 Å². The van der Waals surface area contributed by atoms with Gasteiger partial charge in [0.15, 0.2) is 5.82 Å². The summed E-state index contributed by atoms with van der Waals surface area (Å²) in [6.45, 7) is 2.04. The van der Waals surface area contributed by atoms with Crippen LogP contribution in [0, 0.1) is 6.92 Å². The Kier molecular flexibility index (Phi) is 3.13. The molecule has 0 spiro atoms. The molecule has 4 nitrogen and oxygen atoms in total. The second kappa shape index (κ2) is 4.93. The molecule has 0 N–H and O–H groups in total. The molecule has 0 aliphatic heterocycles. The van der Waals surface area contributed by atoms with Crippen molar-refractivity contribution in [2.45, 2.75) is 6.92 Å². The minimum Gasteiger partial charge on any atom is -0.192 e. The van der Waals surface area contributed by atoms with Crippen molar-refractivity contribution < 1.29 is 0 Å². The third-order valence-electron chi connectivity index (χ3n) is 2.90. The van der Waals surface area contributed by atoms with Crippen molar-refractivity contribution in [1.82, 2.24) is 20.2 Å². The molecular formula is C14H11BrN4. The molecular weight excluding hydrogens is 304 g/mol. The van der Waals surface area contributed by atoms with E-state index in [9.17, 15) is 0 Å². The number of aromatic nitrogens is 4. The van der Waals surface area contributed by atoms with Gasteiger partial charge in [-0.25, -0.2) is 0 Å². The van der Waals surface area contributed by atoms with E-state index in [0.29, 0.717) is 0 Å². The van der Waals surface area contributed by atoms with Gasteiger partial charge < -0.3 is 0 Å². The Bertz CT molecular complexity index is 706. The fourth-order valence-electron chi connectivity index (χ4n) is 1.93. The van der Waals surface area contributed by atoms with Crippen LogP contribution in [0.1, 0.15) is 5.56 Å². The van der Waals surface area contributed by atoms with Gasteiger partial charge in [0.25, 0.3) is 0 Å². The van der Waals surface area contributed by atoms with Crippen molar-refractivity contribution in [3.63, 3.8) is 0 Å². The number of nitrogens with zero attached hydrogens (tertiary/aromatic N) is 4. The Morgan fingerprint density at radius 1 is 1.05 bits per heavy atom. The van der Waals surface area contributed by atoms with Crippen molar-refractivity contribution in [2.24, 2.45) is 0 Å². The first kappa shape index (κ1) is 12.0. The number of rotatable bonds is 2. The second-order valence-corrected chi connectivity index (χ2v) is 5.13. The fraction of sp³-hybridized carbons (Fsp3) is 0.0714. The van der Waals surface area contributed by atoms with Crippen molar-refractivity contribution in [1.29, 1.82) is 0 Å². The standard InChI is InChI=1S/C14H11BrN4/c1-10-7-8-12(15)9-13(10)19-14(16-17-18-19)11-5-3-2-4-6-11/h2-9H,1H3. The minimum absolute atomic E-state index is 0.738. The molecule has 0 saturated carbocycles. The summed E-state index contributed by atoms with van der Waals surface area (Å²) in [6, 6.07) is 16.0. The zero-order chi connectivity index (χ0) is 13.2. The Labute approximate surface area is 119 Å². The molecule has 0 radical (unpaired) electrons. The second-order valence-electron chi connectivity index (χ2n) is 4.21. The van der Waals surface area contributed by atoms with Crippen LogP contribution in [-0.2, 0) is 0 Å². The molecule has 1 aromatic heterocycles. The lowest BCUT2D eigenvalue weighted by atomic mass is 10.2. The van der Waals surface area contributed by atoms with Gasteiger partial charge in [-0.15, -0.1) is 5.10 Å². The molecule has 0 fully saturated rings. The van der Waals surface area contributed by atoms with Gasteiger partial charge in [-0.1, -0.05) is 52.3 Å². The molecule has 0 unspecified atom stereocenters. The highest BCUT2D eigenvalue weighted by Crippen LogP contribution is 2.23. The lowest BCUT2D eigenvalue weighted by Gasteiger charge is -2.08. The molecule has 0 atom stereocenters. The van der Waals surface area contributed by atoms with Crippen molar-refractivity contribution in [2.75, 3.05) is 0 Å². The van der Waals surface area contributed by atoms with Crippen LogP contribution in [0.2, 0.25) is 0 Å². The Morgan fingerprint density at radius 2 is 1.84 bits per heavy atom. The highest BCUT2D eigenvalue weighted by molar-refractivity contribution is 9.10. The third-order valence-corrected chi connectivity index (χ3v) is 3.39. The van der Waals surface area contributed by atoms with Crippen LogP contribution in [-0.4, -0.2) is 20.2 Å². The molecule has 94 valence electrons. The number of hydrogen-bond acceptors (Lipinski definition) is 3. The van der Waals surface area contributed by atoms with Gasteiger partial charge in [0.05, 0.1) is 5.69 Å². The summed E-state index contributed by atoms with van der Waals surface area (Å²) in [5, 5.41) is 12.0. The summed E-state index contributed by atoms with van der Waals surface area (Å²) in [6.07, 6.45) is 0. The van der Waals surface area contributed by atoms with Gasteiger partial charge in [-0.3, -0.25) is 0 Å². The lowest BCUT2D eigenvalue weighted by Crippen LogP contribution is -2.02. The first-order valence-corrected chi connectivity index (χ1v) is 6.65. The maximum Gasteiger partial charge on any atom is 0.187 e. The maximum absolute atomic E-state index is 4.12. The quantitative estimate of drug-likeness (QED) is 0.728. The smallest absolute Gasteiger partial charge is 0.187 e. The number of tetrazole rings is 1. The van der Waals surface area contributed by atoms with Crippen LogP contribution in [0.15, 0.2) is 53.0 Å². The number of halogens is 1. The van der Waals surface area contributed by atoms with E-state index >= 15 is 0 Å². The molecule has 0 aliphatic carbocycles. The van der Waals surface area contributed by atoms with Crippen LogP contribution >= 0.6 is 15.9 Å². The third kappa shape index (κ3) is 2.29. The van der Waals surface area contributed by atoms with Gasteiger partial charge >= 0.3 is 0 Å². The molecule has 1 heterocycles. The summed E-state index contributed by atoms with van der Waals surface area (Å²) < 4.78 is 2.76. The zero-order valence-electron chi connectivity index (χ0n) is 10.3. The number of aryl methyl sites for hydroxylation is 1. The van der Waals surface area contributed by atoms with Crippen molar-refractivity contribution in [3.8, 4) is 17.1 Å². The number of benzene rings is 2. The average Bonchev–Trinajstić information content (AvgIpc) is 2.91. The van der Waals surface area contributed by atoms with Crippen LogP contribution in [0.3, 0.4) is 0 Å². The average molecular weight is 315 g/mol. The largest absolute Gasteiger partial charge is 0.192 e. The van der Waals surface area contributed by atoms with E-state index in [2.05, 4.69) is 31.5 Å². The van der Waals surface area contributed by atoms with E-state index in [1.54, 1.807) is 4.68 Å². The topological polar surface area (TPSA) is 43.6 Å². The summed E-state index contributed by atoms with van der Waals surface area (Å²) in [4.78, 5) is 0. The first-order valence-electron chi connectivity index (χ1n) is 5.86. The van der Waals surface area contributed by atoms with Gasteiger partial charge in [0.2, 0.25) is 0 Å². The molecule has 5 heteroatoms. The van der Waals surface area contributed by atoms with Gasteiger partial charge in [-0.05, 0) is 35.0 Å². The van der Waals surface area contributed by atoms with Crippen LogP contribution < -0.4 is 0 Å². The summed E-state index contributed by atoms with van der Waals surface area (Å²) >= 11 is 3.48. The molecule has 0 amide bonds. The predicted octanol–water partition coefficient (Wildman–Crippen LogP) is 3.40. The zero-order valence-corrected chi connectivity index (χ0v) is 11.9. The molecule has 0 aliphatic rings. The van der Waals surface area contributed by atoms with Crippen LogP contribution in [0.25, 0.3) is 17.1 Å². The molecule has 0 saturated heterocycles. The van der Waals surface area contributed by atoms with Crippen molar-refractivity contribution >= 4 is 15.9 Å². The molecule has 3 rings (SSSR count). The molecule has 2 aromatic carbocycles. The molecule has 0 bridgehead atoms. The van der Waals surface area contributed by atoms with Gasteiger partial charge in [0, 0.05) is 10.0 Å². The highest BCUT2D eigenvalue weighted by Gasteiger charge is 2.12. The lowest BCUT2D eigenvalue weighted by molar-refractivity contribution is 0.787. The summed E-state index contributed by atoms with van der Waals surface area (Å²) in [7, 11) is 0. The van der Waals surface area contributed by atoms with E-state index in [1.165, 1.54) is 0 Å². The van der Waals surface area contributed by atoms with Crippen LogP contribution in [0.4, 0.5) is 0 Å². The first-order chi connectivity index (χ1) is 9.25. The Hall–Kier alpha value is -2.01. The number of hydrogen-bond donors (Lipinski definition) is 0. The Balaban J connectivity index is 2.18. The molecule has 19 heavy (non-hydrogen) atoms. The SMILES string of the molecule is Cc1ccc(Br)cc1-n1nnnc1-c1ccccc1. The Morgan fingerprint density at radius 3 is 2.63 bits per heavy atom. The minimum atomic E-state index is 0.738. The van der Waals surface area contributed by atoms with E-state index < -0.39 is 0 Å². The fourth-order valence-corrected chi connectivity index (χ4v) is 2.28. The van der Waals surface area contributed by atoms with E-state index in [1.807, 2.05) is 55.5 Å². The van der Waals surface area contributed by atoms with Crippen molar-refractivity contribution in [3.05, 3.63) is 58.6 Å². The van der Waals surface area contributed by atoms with E-state index in [0.717, 1.165) is 27.1 Å². The van der Waals surface area contributed by atoms with Gasteiger partial charge in [-0.2, -0.15) is 4.68 Å². The van der Waals surface area contributed by atoms with E-state index in [4.69, 9.17) is 0 Å². The maximum atomic E-state index is 4.12. The normalized spacial score (nSPS) is 10.6. The summed E-state index contributed by atoms with van der Waals surface area (Å²) in [5.41, 5.74) is 3.08. The molecule has 3 aromatic rings. The monoisotopic (exact) mass is 314 g/mol. The highest BCUT2D eigenvalue weighted by atomic mass is 79.9. The van der Waals surface area contributed by atoms with Gasteiger partial charge in [0.1, 0.15) is 0 Å².